The monoisotopic (exact) mass is 497 g/mol. The van der Waals surface area contributed by atoms with Gasteiger partial charge in [-0.15, -0.1) is 0 Å². The molecule has 0 aliphatic carbocycles. The van der Waals surface area contributed by atoms with Gasteiger partial charge in [-0.2, -0.15) is 5.10 Å². The second-order valence-electron chi connectivity index (χ2n) is 7.28. The summed E-state index contributed by atoms with van der Waals surface area (Å²) in [7, 11) is 0. The summed E-state index contributed by atoms with van der Waals surface area (Å²) in [6, 6.07) is 11.4. The molecule has 2 aromatic heterocycles. The molecule has 3 heterocycles. The van der Waals surface area contributed by atoms with Crippen LogP contribution in [0.2, 0.25) is 5.02 Å². The number of pyridine rings is 1. The Kier molecular flexibility index (Phi) is 11.7. The first-order valence-electron chi connectivity index (χ1n) is 10.00. The van der Waals surface area contributed by atoms with E-state index in [1.165, 1.54) is 0 Å². The smallest absolute Gasteiger partial charge is 0.550 e. The molecule has 1 amide bonds. The van der Waals surface area contributed by atoms with E-state index < -0.39 is 5.97 Å². The van der Waals surface area contributed by atoms with Gasteiger partial charge in [0.25, 0.3) is 0 Å². The summed E-state index contributed by atoms with van der Waals surface area (Å²) >= 11 is 6.05. The number of nitrogens with zero attached hydrogens (tertiary/aromatic N) is 4. The number of anilines is 1. The number of aromatic nitrogens is 3. The van der Waals surface area contributed by atoms with Crippen LogP contribution in [-0.4, -0.2) is 69.1 Å². The Morgan fingerprint density at radius 1 is 0.941 bits per heavy atom. The zero-order valence-electron chi connectivity index (χ0n) is 18.8. The topological polar surface area (TPSA) is 168 Å². The SMILES string of the molecule is O.O.O=C([O-])CCC(=O)N1CCN(c2n[nH]c(-c3ccc(Cl)cc3)c2-c2ccncc2)CC1.[Na+]. The maximum absolute atomic E-state index is 12.2. The standard InChI is InChI=1S/C22H22ClN5O3.Na.2H2O/c23-17-3-1-16(2-4-17)21-20(15-7-9-24-10-8-15)22(26-25-21)28-13-11-27(12-14-28)18(29)5-6-19(30)31;;;/h1-4,7-10H,5-6,11-14H2,(H,25,26)(H,30,31);;2*1H2/q;+1;;/p-1. The quantitative estimate of drug-likeness (QED) is 0.364. The molecule has 1 fully saturated rings. The second-order valence-corrected chi connectivity index (χ2v) is 7.72. The molecule has 1 aliphatic heterocycles. The molecule has 176 valence electrons. The van der Waals surface area contributed by atoms with Gasteiger partial charge in [0.05, 0.1) is 11.3 Å². The number of carboxylic acids is 1. The molecule has 0 radical (unpaired) electrons. The molecule has 3 aromatic rings. The number of amides is 1. The summed E-state index contributed by atoms with van der Waals surface area (Å²) in [5.41, 5.74) is 3.79. The van der Waals surface area contributed by atoms with E-state index >= 15 is 0 Å². The Morgan fingerprint density at radius 3 is 2.15 bits per heavy atom. The predicted molar refractivity (Wildman–Crippen MR) is 123 cm³/mol. The van der Waals surface area contributed by atoms with Gasteiger partial charge in [-0.1, -0.05) is 23.7 Å². The van der Waals surface area contributed by atoms with E-state index in [2.05, 4.69) is 20.1 Å². The third-order valence-electron chi connectivity index (χ3n) is 5.32. The van der Waals surface area contributed by atoms with Gasteiger partial charge >= 0.3 is 29.6 Å². The van der Waals surface area contributed by atoms with Crippen LogP contribution in [0.4, 0.5) is 5.82 Å². The number of benzene rings is 1. The molecule has 0 spiro atoms. The fourth-order valence-electron chi connectivity index (χ4n) is 3.71. The van der Waals surface area contributed by atoms with Crippen LogP contribution in [0.5, 0.6) is 0 Å². The molecular formula is C22H25ClN5NaO5. The number of nitrogens with one attached hydrogen (secondary N) is 1. The van der Waals surface area contributed by atoms with Crippen LogP contribution < -0.4 is 39.6 Å². The van der Waals surface area contributed by atoms with E-state index in [0.29, 0.717) is 31.2 Å². The first-order valence-corrected chi connectivity index (χ1v) is 10.4. The van der Waals surface area contributed by atoms with Crippen LogP contribution in [0.15, 0.2) is 48.8 Å². The summed E-state index contributed by atoms with van der Waals surface area (Å²) in [5, 5.41) is 19.0. The molecule has 1 aromatic carbocycles. The molecule has 10 nitrogen and oxygen atoms in total. The number of hydrogen-bond donors (Lipinski definition) is 1. The van der Waals surface area contributed by atoms with Gasteiger partial charge in [0, 0.05) is 61.5 Å². The largest absolute Gasteiger partial charge is 1.00 e. The molecule has 34 heavy (non-hydrogen) atoms. The van der Waals surface area contributed by atoms with E-state index in [1.807, 2.05) is 36.4 Å². The molecule has 4 rings (SSSR count). The Balaban J connectivity index is 0.00000193. The van der Waals surface area contributed by atoms with E-state index in [4.69, 9.17) is 11.6 Å². The van der Waals surface area contributed by atoms with Gasteiger partial charge < -0.3 is 30.7 Å². The van der Waals surface area contributed by atoms with Crippen molar-refractivity contribution >= 4 is 29.3 Å². The molecule has 0 bridgehead atoms. The number of carbonyl (C=O) groups excluding carboxylic acids is 2. The maximum atomic E-state index is 12.2. The molecule has 0 saturated carbocycles. The number of H-pyrrole nitrogens is 1. The van der Waals surface area contributed by atoms with Gasteiger partial charge in [0.2, 0.25) is 5.91 Å². The van der Waals surface area contributed by atoms with Crippen molar-refractivity contribution in [3.8, 4) is 22.4 Å². The van der Waals surface area contributed by atoms with Crippen LogP contribution in [-0.2, 0) is 9.59 Å². The van der Waals surface area contributed by atoms with Crippen LogP contribution in [0.1, 0.15) is 12.8 Å². The number of hydrogen-bond acceptors (Lipinski definition) is 6. The minimum atomic E-state index is -1.21. The van der Waals surface area contributed by atoms with E-state index in [1.54, 1.807) is 17.3 Å². The predicted octanol–water partition coefficient (Wildman–Crippen LogP) is -2.67. The third-order valence-corrected chi connectivity index (χ3v) is 5.58. The number of aliphatic carboxylic acids is 1. The fraction of sp³-hybridized carbons (Fsp3) is 0.273. The van der Waals surface area contributed by atoms with Gasteiger partial charge in [0.1, 0.15) is 0 Å². The maximum Gasteiger partial charge on any atom is 1.00 e. The summed E-state index contributed by atoms with van der Waals surface area (Å²) in [6.45, 7) is 2.20. The normalized spacial score (nSPS) is 12.7. The fourth-order valence-corrected chi connectivity index (χ4v) is 3.84. The average Bonchev–Trinajstić information content (AvgIpc) is 3.24. The Bertz CT molecular complexity index is 1070. The van der Waals surface area contributed by atoms with Crippen LogP contribution in [0, 0.1) is 0 Å². The van der Waals surface area contributed by atoms with Crippen molar-refractivity contribution in [3.05, 3.63) is 53.8 Å². The van der Waals surface area contributed by atoms with Crippen molar-refractivity contribution in [2.75, 3.05) is 31.1 Å². The molecule has 0 unspecified atom stereocenters. The number of rotatable bonds is 6. The Labute approximate surface area is 223 Å². The van der Waals surface area contributed by atoms with Gasteiger partial charge in [-0.3, -0.25) is 14.9 Å². The van der Waals surface area contributed by atoms with Crippen molar-refractivity contribution < 1.29 is 55.2 Å². The van der Waals surface area contributed by atoms with E-state index in [0.717, 1.165) is 28.2 Å². The summed E-state index contributed by atoms with van der Waals surface area (Å²) in [5.74, 6) is -0.569. The van der Waals surface area contributed by atoms with Crippen LogP contribution >= 0.6 is 11.6 Å². The first-order chi connectivity index (χ1) is 15.0. The van der Waals surface area contributed by atoms with Crippen LogP contribution in [0.3, 0.4) is 0 Å². The number of piperazine rings is 1. The number of halogens is 1. The number of carboxylic acid groups (broad SMARTS) is 1. The van der Waals surface area contributed by atoms with Gasteiger partial charge in [-0.25, -0.2) is 0 Å². The molecule has 1 saturated heterocycles. The van der Waals surface area contributed by atoms with Crippen LogP contribution in [0.25, 0.3) is 22.4 Å². The summed E-state index contributed by atoms with van der Waals surface area (Å²) < 4.78 is 0. The van der Waals surface area contributed by atoms with Crippen molar-refractivity contribution in [3.63, 3.8) is 0 Å². The third kappa shape index (κ3) is 6.78. The Morgan fingerprint density at radius 2 is 1.56 bits per heavy atom. The number of carbonyl (C=O) groups is 2. The zero-order chi connectivity index (χ0) is 21.8. The van der Waals surface area contributed by atoms with Crippen molar-refractivity contribution in [1.29, 1.82) is 0 Å². The van der Waals surface area contributed by atoms with Gasteiger partial charge in [0.15, 0.2) is 5.82 Å². The van der Waals surface area contributed by atoms with Crippen molar-refractivity contribution in [1.82, 2.24) is 20.1 Å². The summed E-state index contributed by atoms with van der Waals surface area (Å²) in [4.78, 5) is 30.8. The van der Waals surface area contributed by atoms with Crippen molar-refractivity contribution in [2.45, 2.75) is 12.8 Å². The molecule has 12 heteroatoms. The van der Waals surface area contributed by atoms with Gasteiger partial charge in [-0.05, 0) is 36.2 Å². The van der Waals surface area contributed by atoms with Crippen molar-refractivity contribution in [2.24, 2.45) is 0 Å². The van der Waals surface area contributed by atoms with E-state index in [9.17, 15) is 14.7 Å². The molecule has 1 aliphatic rings. The average molecular weight is 498 g/mol. The minimum Gasteiger partial charge on any atom is -0.550 e. The molecular weight excluding hydrogens is 473 g/mol. The van der Waals surface area contributed by atoms with E-state index in [-0.39, 0.29) is 59.3 Å². The molecule has 5 N–H and O–H groups in total. The number of aromatic amines is 1. The Hall–Kier alpha value is -2.47. The zero-order valence-corrected chi connectivity index (χ0v) is 21.5. The minimum absolute atomic E-state index is 0. The molecule has 0 atom stereocenters. The summed E-state index contributed by atoms with van der Waals surface area (Å²) in [6.07, 6.45) is 3.19. The first kappa shape index (κ1) is 29.6. The second kappa shape index (κ2) is 13.4.